The van der Waals surface area contributed by atoms with Crippen molar-refractivity contribution in [1.29, 1.82) is 0 Å². The summed E-state index contributed by atoms with van der Waals surface area (Å²) < 4.78 is 5.19. The van der Waals surface area contributed by atoms with E-state index in [0.29, 0.717) is 15.8 Å². The molecule has 0 bridgehead atoms. The first-order chi connectivity index (χ1) is 11.5. The monoisotopic (exact) mass is 360 g/mol. The van der Waals surface area contributed by atoms with Gasteiger partial charge in [-0.1, -0.05) is 47.5 Å². The summed E-state index contributed by atoms with van der Waals surface area (Å²) in [5.74, 6) is -0.234. The van der Waals surface area contributed by atoms with Gasteiger partial charge in [0, 0.05) is 22.0 Å². The maximum absolute atomic E-state index is 12.4. The number of hydrogen-bond acceptors (Lipinski definition) is 3. The zero-order valence-electron chi connectivity index (χ0n) is 12.8. The largest absolute Gasteiger partial charge is 0.507 e. The highest BCUT2D eigenvalue weighted by molar-refractivity contribution is 6.30. The van der Waals surface area contributed by atoms with Gasteiger partial charge in [-0.2, -0.15) is 0 Å². The summed E-state index contributed by atoms with van der Waals surface area (Å²) in [6.07, 6.45) is 0. The fourth-order valence-electron chi connectivity index (χ4n) is 2.71. The van der Waals surface area contributed by atoms with Crippen LogP contribution in [0.25, 0.3) is 0 Å². The number of rotatable bonds is 3. The van der Waals surface area contributed by atoms with Gasteiger partial charge < -0.3 is 9.52 Å². The van der Waals surface area contributed by atoms with Crippen LogP contribution < -0.4 is 5.63 Å². The van der Waals surface area contributed by atoms with Crippen molar-refractivity contribution in [2.24, 2.45) is 0 Å². The molecule has 122 valence electrons. The van der Waals surface area contributed by atoms with E-state index in [2.05, 4.69) is 0 Å². The predicted octanol–water partition coefficient (Wildman–Crippen LogP) is 5.14. The van der Waals surface area contributed by atoms with E-state index in [1.807, 2.05) is 24.3 Å². The molecule has 0 atom stereocenters. The molecular weight excluding hydrogens is 347 g/mol. The normalized spacial score (nSPS) is 11.0. The van der Waals surface area contributed by atoms with Crippen molar-refractivity contribution in [3.63, 3.8) is 0 Å². The lowest BCUT2D eigenvalue weighted by molar-refractivity contribution is 0.421. The second-order valence-electron chi connectivity index (χ2n) is 5.48. The first-order valence-electron chi connectivity index (χ1n) is 7.30. The highest BCUT2D eigenvalue weighted by Gasteiger charge is 2.24. The molecule has 3 aromatic rings. The molecule has 5 heteroatoms. The lowest BCUT2D eigenvalue weighted by Gasteiger charge is -2.19. The van der Waals surface area contributed by atoms with Crippen LogP contribution in [0.4, 0.5) is 0 Å². The van der Waals surface area contributed by atoms with E-state index in [-0.39, 0.29) is 11.3 Å². The third kappa shape index (κ3) is 3.32. The van der Waals surface area contributed by atoms with Crippen LogP contribution in [0.3, 0.4) is 0 Å². The fourth-order valence-corrected chi connectivity index (χ4v) is 2.96. The van der Waals surface area contributed by atoms with Gasteiger partial charge in [0.1, 0.15) is 11.5 Å². The van der Waals surface area contributed by atoms with Gasteiger partial charge in [0.2, 0.25) is 0 Å². The molecule has 3 nitrogen and oxygen atoms in total. The summed E-state index contributed by atoms with van der Waals surface area (Å²) in [6.45, 7) is 1.62. The summed E-state index contributed by atoms with van der Waals surface area (Å²) in [6, 6.07) is 15.7. The molecule has 0 unspecified atom stereocenters. The number of benzene rings is 2. The van der Waals surface area contributed by atoms with Crippen LogP contribution in [0, 0.1) is 6.92 Å². The second kappa shape index (κ2) is 6.71. The standard InChI is InChI=1S/C19H14Cl2O3/c1-11-10-16(22)18(19(23)24-11)17(12-2-6-14(20)7-3-12)13-4-8-15(21)9-5-13/h2-10,17,22H,1H3. The summed E-state index contributed by atoms with van der Waals surface area (Å²) in [5.41, 5.74) is 1.24. The van der Waals surface area contributed by atoms with Crippen LogP contribution in [-0.4, -0.2) is 5.11 Å². The van der Waals surface area contributed by atoms with Crippen LogP contribution in [0.5, 0.6) is 5.75 Å². The number of aromatic hydroxyl groups is 1. The Hall–Kier alpha value is -2.23. The minimum atomic E-state index is -0.567. The third-order valence-corrected chi connectivity index (χ3v) is 4.29. The second-order valence-corrected chi connectivity index (χ2v) is 6.35. The first-order valence-corrected chi connectivity index (χ1v) is 8.06. The molecule has 0 fully saturated rings. The van der Waals surface area contributed by atoms with Gasteiger partial charge in [-0.25, -0.2) is 4.79 Å². The van der Waals surface area contributed by atoms with Crippen LogP contribution in [0.1, 0.15) is 28.4 Å². The Labute approximate surface area is 149 Å². The molecule has 1 heterocycles. The molecular formula is C19H14Cl2O3. The average Bonchev–Trinajstić information content (AvgIpc) is 2.53. The van der Waals surface area contributed by atoms with Gasteiger partial charge in [0.05, 0.1) is 5.56 Å². The predicted molar refractivity (Wildman–Crippen MR) is 95.2 cm³/mol. The van der Waals surface area contributed by atoms with Crippen molar-refractivity contribution in [2.75, 3.05) is 0 Å². The summed E-state index contributed by atoms with van der Waals surface area (Å²) in [5, 5.41) is 11.5. The van der Waals surface area contributed by atoms with E-state index in [1.54, 1.807) is 31.2 Å². The smallest absolute Gasteiger partial charge is 0.343 e. The molecule has 0 aliphatic rings. The highest BCUT2D eigenvalue weighted by Crippen LogP contribution is 2.35. The Morgan fingerprint density at radius 2 is 1.38 bits per heavy atom. The molecule has 0 aliphatic heterocycles. The molecule has 1 N–H and O–H groups in total. The lowest BCUT2D eigenvalue weighted by Crippen LogP contribution is -2.15. The first kappa shape index (κ1) is 16.6. The van der Waals surface area contributed by atoms with Crippen LogP contribution in [-0.2, 0) is 0 Å². The van der Waals surface area contributed by atoms with Crippen molar-refractivity contribution in [3.8, 4) is 5.75 Å². The molecule has 0 amide bonds. The SMILES string of the molecule is Cc1cc(O)c(C(c2ccc(Cl)cc2)c2ccc(Cl)cc2)c(=O)o1. The Bertz CT molecular complexity index is 867. The van der Waals surface area contributed by atoms with Crippen molar-refractivity contribution in [1.82, 2.24) is 0 Å². The summed E-state index contributed by atoms with van der Waals surface area (Å²) >= 11 is 11.9. The molecule has 0 saturated heterocycles. The van der Waals surface area contributed by atoms with Gasteiger partial charge >= 0.3 is 5.63 Å². The van der Waals surface area contributed by atoms with Gasteiger partial charge in [-0.05, 0) is 42.3 Å². The molecule has 0 spiro atoms. The molecule has 2 aromatic carbocycles. The highest BCUT2D eigenvalue weighted by atomic mass is 35.5. The zero-order chi connectivity index (χ0) is 17.3. The Morgan fingerprint density at radius 1 is 0.917 bits per heavy atom. The minimum Gasteiger partial charge on any atom is -0.507 e. The summed E-state index contributed by atoms with van der Waals surface area (Å²) in [7, 11) is 0. The molecule has 0 saturated carbocycles. The van der Waals surface area contributed by atoms with E-state index in [9.17, 15) is 9.90 Å². The Morgan fingerprint density at radius 3 is 1.79 bits per heavy atom. The van der Waals surface area contributed by atoms with E-state index in [0.717, 1.165) is 11.1 Å². The van der Waals surface area contributed by atoms with E-state index >= 15 is 0 Å². The molecule has 0 aliphatic carbocycles. The molecule has 1 aromatic heterocycles. The number of aryl methyl sites for hydroxylation is 1. The minimum absolute atomic E-state index is 0.0985. The van der Waals surface area contributed by atoms with E-state index < -0.39 is 11.5 Å². The Balaban J connectivity index is 2.25. The maximum atomic E-state index is 12.4. The van der Waals surface area contributed by atoms with Crippen LogP contribution in [0.15, 0.2) is 63.8 Å². The zero-order valence-corrected chi connectivity index (χ0v) is 14.3. The Kier molecular flexibility index (Phi) is 4.65. The number of hydrogen-bond donors (Lipinski definition) is 1. The van der Waals surface area contributed by atoms with E-state index in [4.69, 9.17) is 27.6 Å². The van der Waals surface area contributed by atoms with Crippen molar-refractivity contribution < 1.29 is 9.52 Å². The van der Waals surface area contributed by atoms with Crippen LogP contribution in [0.2, 0.25) is 10.0 Å². The topological polar surface area (TPSA) is 50.4 Å². The lowest BCUT2D eigenvalue weighted by atomic mass is 9.85. The average molecular weight is 361 g/mol. The summed E-state index contributed by atoms with van der Waals surface area (Å²) in [4.78, 5) is 12.4. The van der Waals surface area contributed by atoms with Crippen LogP contribution >= 0.6 is 23.2 Å². The van der Waals surface area contributed by atoms with Crippen molar-refractivity contribution in [2.45, 2.75) is 12.8 Å². The maximum Gasteiger partial charge on any atom is 0.343 e. The van der Waals surface area contributed by atoms with Crippen molar-refractivity contribution in [3.05, 3.63) is 97.5 Å². The quantitative estimate of drug-likeness (QED) is 0.703. The van der Waals surface area contributed by atoms with Gasteiger partial charge in [-0.3, -0.25) is 0 Å². The third-order valence-electron chi connectivity index (χ3n) is 3.78. The van der Waals surface area contributed by atoms with Gasteiger partial charge in [-0.15, -0.1) is 0 Å². The van der Waals surface area contributed by atoms with Crippen molar-refractivity contribution >= 4 is 23.2 Å². The molecule has 3 rings (SSSR count). The van der Waals surface area contributed by atoms with Gasteiger partial charge in [0.15, 0.2) is 0 Å². The number of halogens is 2. The molecule has 0 radical (unpaired) electrons. The van der Waals surface area contributed by atoms with E-state index in [1.165, 1.54) is 6.07 Å². The molecule has 24 heavy (non-hydrogen) atoms. The van der Waals surface area contributed by atoms with Gasteiger partial charge in [0.25, 0.3) is 0 Å². The fraction of sp³-hybridized carbons (Fsp3) is 0.105.